The Morgan fingerprint density at radius 1 is 1.04 bits per heavy atom. The van der Waals surface area contributed by atoms with Gasteiger partial charge in [-0.1, -0.05) is 55.5 Å². The van der Waals surface area contributed by atoms with Crippen molar-refractivity contribution in [2.75, 3.05) is 5.32 Å². The zero-order valence-electron chi connectivity index (χ0n) is 15.3. The minimum absolute atomic E-state index is 0.162. The lowest BCUT2D eigenvalue weighted by Crippen LogP contribution is -2.26. The van der Waals surface area contributed by atoms with Crippen molar-refractivity contribution in [2.45, 2.75) is 26.2 Å². The van der Waals surface area contributed by atoms with Crippen LogP contribution in [0.4, 0.5) is 5.69 Å². The zero-order valence-corrected chi connectivity index (χ0v) is 15.3. The van der Waals surface area contributed by atoms with E-state index in [1.165, 1.54) is 0 Å². The largest absolute Gasteiger partial charge is 0.319 e. The van der Waals surface area contributed by atoms with Crippen molar-refractivity contribution in [2.24, 2.45) is 7.05 Å². The van der Waals surface area contributed by atoms with Gasteiger partial charge in [0.25, 0.3) is 5.56 Å². The molecule has 3 rings (SSSR count). The van der Waals surface area contributed by atoms with Crippen molar-refractivity contribution in [1.82, 2.24) is 9.36 Å². The van der Waals surface area contributed by atoms with Crippen molar-refractivity contribution in [3.8, 4) is 5.69 Å². The molecule has 26 heavy (non-hydrogen) atoms. The highest BCUT2D eigenvalue weighted by Gasteiger charge is 2.23. The lowest BCUT2D eigenvalue weighted by molar-refractivity contribution is -0.117. The number of aromatic nitrogens is 2. The topological polar surface area (TPSA) is 56.0 Å². The molecule has 1 aromatic heterocycles. The van der Waals surface area contributed by atoms with Gasteiger partial charge in [0.15, 0.2) is 0 Å². The number of benzene rings is 2. The average Bonchev–Trinajstić information content (AvgIpc) is 2.87. The fraction of sp³-hybridized carbons (Fsp3) is 0.238. The van der Waals surface area contributed by atoms with E-state index in [2.05, 4.69) is 5.32 Å². The summed E-state index contributed by atoms with van der Waals surface area (Å²) < 4.78 is 3.32. The van der Waals surface area contributed by atoms with Gasteiger partial charge >= 0.3 is 0 Å². The first-order valence-corrected chi connectivity index (χ1v) is 8.74. The Balaban J connectivity index is 1.96. The Morgan fingerprint density at radius 3 is 2.19 bits per heavy atom. The normalized spacial score (nSPS) is 12.0. The van der Waals surface area contributed by atoms with Crippen LogP contribution in [0.5, 0.6) is 0 Å². The second-order valence-corrected chi connectivity index (χ2v) is 6.30. The number of nitrogens with zero attached hydrogens (tertiary/aromatic N) is 2. The SMILES string of the molecule is CC[C@@H](C(=O)Nc1c(C)n(C)n(-c2ccccc2)c1=O)c1ccccc1. The van der Waals surface area contributed by atoms with Gasteiger partial charge in [-0.15, -0.1) is 0 Å². The average molecular weight is 349 g/mol. The Morgan fingerprint density at radius 2 is 1.62 bits per heavy atom. The first-order valence-electron chi connectivity index (χ1n) is 8.74. The van der Waals surface area contributed by atoms with Crippen molar-refractivity contribution in [3.05, 3.63) is 82.3 Å². The molecule has 0 saturated heterocycles. The van der Waals surface area contributed by atoms with Gasteiger partial charge in [-0.25, -0.2) is 4.68 Å². The molecule has 5 heteroatoms. The maximum Gasteiger partial charge on any atom is 0.295 e. The van der Waals surface area contributed by atoms with Gasteiger partial charge in [0.1, 0.15) is 5.69 Å². The summed E-state index contributed by atoms with van der Waals surface area (Å²) in [7, 11) is 1.81. The van der Waals surface area contributed by atoms with Crippen molar-refractivity contribution in [1.29, 1.82) is 0 Å². The van der Waals surface area contributed by atoms with E-state index in [4.69, 9.17) is 0 Å². The van der Waals surface area contributed by atoms with Crippen LogP contribution < -0.4 is 10.9 Å². The molecule has 2 aromatic carbocycles. The molecule has 0 saturated carbocycles. The van der Waals surface area contributed by atoms with Crippen molar-refractivity contribution < 1.29 is 4.79 Å². The molecule has 1 heterocycles. The van der Waals surface area contributed by atoms with Crippen LogP contribution in [0, 0.1) is 6.92 Å². The highest BCUT2D eigenvalue weighted by Crippen LogP contribution is 2.22. The van der Waals surface area contributed by atoms with Crippen LogP contribution in [0.25, 0.3) is 5.69 Å². The molecule has 1 amide bonds. The van der Waals surface area contributed by atoms with Gasteiger partial charge in [0, 0.05) is 7.05 Å². The third-order valence-corrected chi connectivity index (χ3v) is 4.73. The number of carbonyl (C=O) groups is 1. The van der Waals surface area contributed by atoms with E-state index < -0.39 is 0 Å². The molecule has 0 fully saturated rings. The molecular weight excluding hydrogens is 326 g/mol. The molecule has 0 radical (unpaired) electrons. The standard InChI is InChI=1S/C21H23N3O2/c1-4-18(16-11-7-5-8-12-16)20(25)22-19-15(2)23(3)24(21(19)26)17-13-9-6-10-14-17/h5-14,18H,4H2,1-3H3,(H,22,25)/t18-/m1/s1. The van der Waals surface area contributed by atoms with Gasteiger partial charge in [0.2, 0.25) is 5.91 Å². The highest BCUT2D eigenvalue weighted by molar-refractivity contribution is 5.96. The summed E-state index contributed by atoms with van der Waals surface area (Å²) >= 11 is 0. The van der Waals surface area contributed by atoms with Crippen molar-refractivity contribution in [3.63, 3.8) is 0 Å². The van der Waals surface area contributed by atoms with E-state index >= 15 is 0 Å². The summed E-state index contributed by atoms with van der Waals surface area (Å²) in [4.78, 5) is 25.8. The number of para-hydroxylation sites is 1. The minimum Gasteiger partial charge on any atom is -0.319 e. The predicted molar refractivity (Wildman–Crippen MR) is 104 cm³/mol. The molecule has 1 atom stereocenters. The van der Waals surface area contributed by atoms with Gasteiger partial charge in [-0.2, -0.15) is 0 Å². The fourth-order valence-electron chi connectivity index (χ4n) is 3.18. The molecule has 0 aliphatic rings. The number of anilines is 1. The van der Waals surface area contributed by atoms with Crippen LogP contribution in [0.3, 0.4) is 0 Å². The second-order valence-electron chi connectivity index (χ2n) is 6.30. The molecule has 0 spiro atoms. The molecule has 5 nitrogen and oxygen atoms in total. The minimum atomic E-state index is -0.291. The summed E-state index contributed by atoms with van der Waals surface area (Å²) in [5, 5.41) is 2.87. The van der Waals surface area contributed by atoms with E-state index in [9.17, 15) is 9.59 Å². The summed E-state index contributed by atoms with van der Waals surface area (Å²) in [6.07, 6.45) is 0.661. The van der Waals surface area contributed by atoms with Gasteiger partial charge in [0.05, 0.1) is 17.3 Å². The molecule has 0 bridgehead atoms. The Labute approximate surface area is 152 Å². The molecule has 0 aliphatic carbocycles. The van der Waals surface area contributed by atoms with E-state index in [1.54, 1.807) is 9.36 Å². The number of hydrogen-bond acceptors (Lipinski definition) is 2. The number of hydrogen-bond donors (Lipinski definition) is 1. The summed E-state index contributed by atoms with van der Waals surface area (Å²) in [6.45, 7) is 3.80. The number of amides is 1. The predicted octanol–water partition coefficient (Wildman–Crippen LogP) is 3.62. The Kier molecular flexibility index (Phi) is 5.07. The Hall–Kier alpha value is -3.08. The molecule has 0 unspecified atom stereocenters. The molecule has 3 aromatic rings. The third-order valence-electron chi connectivity index (χ3n) is 4.73. The van der Waals surface area contributed by atoms with Crippen LogP contribution in [0.2, 0.25) is 0 Å². The van der Waals surface area contributed by atoms with Crippen LogP contribution in [-0.4, -0.2) is 15.3 Å². The number of rotatable bonds is 5. The third kappa shape index (κ3) is 3.20. The lowest BCUT2D eigenvalue weighted by Gasteiger charge is -2.14. The van der Waals surface area contributed by atoms with Gasteiger partial charge in [-0.3, -0.25) is 14.3 Å². The maximum absolute atomic E-state index is 12.9. The Bertz CT molecular complexity index is 956. The van der Waals surface area contributed by atoms with Crippen LogP contribution in [0.15, 0.2) is 65.5 Å². The van der Waals surface area contributed by atoms with E-state index in [-0.39, 0.29) is 17.4 Å². The van der Waals surface area contributed by atoms with Crippen molar-refractivity contribution >= 4 is 11.6 Å². The summed E-state index contributed by atoms with van der Waals surface area (Å²) in [6, 6.07) is 19.0. The van der Waals surface area contributed by atoms with Crippen LogP contribution >= 0.6 is 0 Å². The van der Waals surface area contributed by atoms with Crippen LogP contribution in [0.1, 0.15) is 30.5 Å². The second kappa shape index (κ2) is 7.44. The van der Waals surface area contributed by atoms with E-state index in [1.807, 2.05) is 81.6 Å². The van der Waals surface area contributed by atoms with E-state index in [0.29, 0.717) is 12.1 Å². The number of nitrogens with one attached hydrogen (secondary N) is 1. The fourth-order valence-corrected chi connectivity index (χ4v) is 3.18. The first-order chi connectivity index (χ1) is 12.5. The van der Waals surface area contributed by atoms with Gasteiger partial charge < -0.3 is 5.32 Å². The van der Waals surface area contributed by atoms with E-state index in [0.717, 1.165) is 16.9 Å². The lowest BCUT2D eigenvalue weighted by atomic mass is 9.95. The monoisotopic (exact) mass is 349 g/mol. The molecule has 134 valence electrons. The summed E-state index contributed by atoms with van der Waals surface area (Å²) in [5.41, 5.74) is 2.53. The highest BCUT2D eigenvalue weighted by atomic mass is 16.2. The maximum atomic E-state index is 12.9. The van der Waals surface area contributed by atoms with Crippen LogP contribution in [-0.2, 0) is 11.8 Å². The summed E-state index contributed by atoms with van der Waals surface area (Å²) in [5.74, 6) is -0.454. The molecule has 1 N–H and O–H groups in total. The van der Waals surface area contributed by atoms with Gasteiger partial charge in [-0.05, 0) is 31.0 Å². The molecule has 0 aliphatic heterocycles. The quantitative estimate of drug-likeness (QED) is 0.765. The molecular formula is C21H23N3O2. The zero-order chi connectivity index (χ0) is 18.7. The number of carbonyl (C=O) groups excluding carboxylic acids is 1. The first kappa shape index (κ1) is 17.7. The smallest absolute Gasteiger partial charge is 0.295 e.